The molecule has 1 aliphatic heterocycles. The minimum atomic E-state index is 0.490. The van der Waals surface area contributed by atoms with E-state index in [-0.39, 0.29) is 0 Å². The van der Waals surface area contributed by atoms with Crippen LogP contribution in [0.25, 0.3) is 11.1 Å². The number of aryl methyl sites for hydroxylation is 2. The number of ether oxygens (including phenoxy) is 2. The van der Waals surface area contributed by atoms with Crippen molar-refractivity contribution in [2.75, 3.05) is 13.2 Å². The molecule has 2 atom stereocenters. The number of hydrogen-bond acceptors (Lipinski definition) is 2. The van der Waals surface area contributed by atoms with Gasteiger partial charge in [0.1, 0.15) is 0 Å². The van der Waals surface area contributed by atoms with E-state index in [2.05, 4.69) is 48.6 Å². The highest BCUT2D eigenvalue weighted by atomic mass is 16.5. The number of benzene rings is 2. The van der Waals surface area contributed by atoms with Gasteiger partial charge in [-0.2, -0.15) is 0 Å². The molecule has 4 aliphatic rings. The molecular weight excluding hydrogens is 344 g/mol. The maximum absolute atomic E-state index is 6.08. The highest BCUT2D eigenvalue weighted by Gasteiger charge is 2.27. The van der Waals surface area contributed by atoms with Gasteiger partial charge in [-0.1, -0.05) is 36.4 Å². The number of fused-ring (bicyclic) bond motifs is 3. The molecule has 0 amide bonds. The Morgan fingerprint density at radius 3 is 1.57 bits per heavy atom. The summed E-state index contributed by atoms with van der Waals surface area (Å²) in [6.45, 7) is 2.98. The molecule has 2 heteroatoms. The van der Waals surface area contributed by atoms with E-state index < -0.39 is 0 Å². The maximum atomic E-state index is 6.08. The van der Waals surface area contributed by atoms with Crippen molar-refractivity contribution in [1.29, 1.82) is 0 Å². The minimum absolute atomic E-state index is 0.490. The van der Waals surface area contributed by atoms with E-state index in [9.17, 15) is 0 Å². The second kappa shape index (κ2) is 6.72. The number of allylic oxidation sites excluding steroid dienone is 2. The second-order valence-electron chi connectivity index (χ2n) is 8.68. The quantitative estimate of drug-likeness (QED) is 0.583. The molecule has 0 N–H and O–H groups in total. The fraction of sp³-hybridized carbons (Fsp3) is 0.385. The summed E-state index contributed by atoms with van der Waals surface area (Å²) in [5, 5.41) is 0. The topological polar surface area (TPSA) is 18.5 Å². The third-order valence-corrected chi connectivity index (χ3v) is 6.97. The predicted octanol–water partition coefficient (Wildman–Crippen LogP) is 5.34. The molecule has 0 saturated carbocycles. The first-order valence-electron chi connectivity index (χ1n) is 10.7. The third-order valence-electron chi connectivity index (χ3n) is 6.97. The third kappa shape index (κ3) is 2.78. The summed E-state index contributed by atoms with van der Waals surface area (Å²) >= 11 is 0. The van der Waals surface area contributed by atoms with Crippen LogP contribution < -0.4 is 0 Å². The molecule has 2 aromatic rings. The van der Waals surface area contributed by atoms with Crippen molar-refractivity contribution >= 4 is 11.1 Å². The van der Waals surface area contributed by atoms with Gasteiger partial charge in [0, 0.05) is 11.8 Å². The van der Waals surface area contributed by atoms with Gasteiger partial charge in [-0.3, -0.25) is 0 Å². The molecule has 4 bridgehead atoms. The average molecular weight is 370 g/mol. The Morgan fingerprint density at radius 1 is 0.607 bits per heavy atom. The molecule has 0 radical (unpaired) electrons. The van der Waals surface area contributed by atoms with Crippen LogP contribution >= 0.6 is 0 Å². The Hall–Kier alpha value is -2.16. The lowest BCUT2D eigenvalue weighted by atomic mass is 9.83. The van der Waals surface area contributed by atoms with Gasteiger partial charge in [0.15, 0.2) is 0 Å². The first kappa shape index (κ1) is 16.8. The van der Waals surface area contributed by atoms with Crippen molar-refractivity contribution in [3.8, 4) is 0 Å². The molecule has 0 saturated heterocycles. The zero-order valence-electron chi connectivity index (χ0n) is 16.2. The molecule has 0 fully saturated rings. The van der Waals surface area contributed by atoms with Crippen LogP contribution in [0, 0.1) is 11.8 Å². The van der Waals surface area contributed by atoms with Gasteiger partial charge < -0.3 is 9.47 Å². The average Bonchev–Trinajstić information content (AvgIpc) is 3.30. The molecule has 6 rings (SSSR count). The summed E-state index contributed by atoms with van der Waals surface area (Å²) in [4.78, 5) is 0. The summed E-state index contributed by atoms with van der Waals surface area (Å²) in [5.74, 6) is 0.980. The normalized spacial score (nSPS) is 28.1. The highest BCUT2D eigenvalue weighted by molar-refractivity contribution is 5.96. The van der Waals surface area contributed by atoms with E-state index in [1.807, 2.05) is 0 Å². The maximum Gasteiger partial charge on any atom is 0.0717 e. The molecule has 0 unspecified atom stereocenters. The monoisotopic (exact) mass is 370 g/mol. The number of hydrogen-bond donors (Lipinski definition) is 0. The van der Waals surface area contributed by atoms with Crippen LogP contribution in [0.5, 0.6) is 0 Å². The molecule has 142 valence electrons. The van der Waals surface area contributed by atoms with Crippen molar-refractivity contribution in [2.45, 2.75) is 38.9 Å². The van der Waals surface area contributed by atoms with Gasteiger partial charge in [0.05, 0.1) is 26.4 Å². The SMILES string of the molecule is C1=C[C@H]2COCc3ccc4c(c3)/C(=C3/CCc5ccc(cc53)COC[C@H]12)CC4. The molecule has 1 heterocycles. The Bertz CT molecular complexity index is 918. The lowest BCUT2D eigenvalue weighted by Crippen LogP contribution is -2.27. The van der Waals surface area contributed by atoms with E-state index in [0.717, 1.165) is 13.2 Å². The Labute approximate surface area is 166 Å². The lowest BCUT2D eigenvalue weighted by Gasteiger charge is -2.29. The van der Waals surface area contributed by atoms with E-state index >= 15 is 0 Å². The molecule has 28 heavy (non-hydrogen) atoms. The largest absolute Gasteiger partial charge is 0.376 e. The van der Waals surface area contributed by atoms with Gasteiger partial charge in [-0.15, -0.1) is 0 Å². The predicted molar refractivity (Wildman–Crippen MR) is 112 cm³/mol. The van der Waals surface area contributed by atoms with Crippen molar-refractivity contribution in [3.63, 3.8) is 0 Å². The van der Waals surface area contributed by atoms with Crippen LogP contribution in [0.4, 0.5) is 0 Å². The summed E-state index contributed by atoms with van der Waals surface area (Å²) in [6, 6.07) is 14.0. The van der Waals surface area contributed by atoms with Crippen LogP contribution in [-0.4, -0.2) is 13.2 Å². The molecule has 0 aromatic heterocycles. The van der Waals surface area contributed by atoms with Crippen LogP contribution in [0.2, 0.25) is 0 Å². The van der Waals surface area contributed by atoms with Gasteiger partial charge in [-0.05, 0) is 82.3 Å². The van der Waals surface area contributed by atoms with Crippen LogP contribution in [-0.2, 0) is 35.5 Å². The highest BCUT2D eigenvalue weighted by Crippen LogP contribution is 2.44. The first-order valence-corrected chi connectivity index (χ1v) is 10.7. The second-order valence-corrected chi connectivity index (χ2v) is 8.68. The van der Waals surface area contributed by atoms with Crippen molar-refractivity contribution in [2.24, 2.45) is 11.8 Å². The first-order chi connectivity index (χ1) is 13.8. The molecule has 2 nitrogen and oxygen atoms in total. The fourth-order valence-electron chi connectivity index (χ4n) is 5.25. The summed E-state index contributed by atoms with van der Waals surface area (Å²) in [5.41, 5.74) is 11.7. The van der Waals surface area contributed by atoms with Gasteiger partial charge in [0.2, 0.25) is 0 Å². The Kier molecular flexibility index (Phi) is 4.02. The van der Waals surface area contributed by atoms with Gasteiger partial charge in [0.25, 0.3) is 0 Å². The smallest absolute Gasteiger partial charge is 0.0717 e. The molecule has 2 aromatic carbocycles. The molecule has 3 aliphatic carbocycles. The standard InChI is InChI=1S/C26H26O2/c1-3-19-7-9-23-24-10-8-20-4-2-18(12-26(20)24)14-28-16-22-6-5-21(22)15-27-13-17(1)11-25(19)23/h1-6,11-12,21-22H,7-10,13-16H2/b24-23-/t21-,22-/m0/s1. The van der Waals surface area contributed by atoms with Crippen molar-refractivity contribution in [3.05, 3.63) is 81.9 Å². The lowest BCUT2D eigenvalue weighted by molar-refractivity contribution is 0.0405. The van der Waals surface area contributed by atoms with E-state index in [4.69, 9.17) is 9.47 Å². The zero-order chi connectivity index (χ0) is 18.5. The molecular formula is C26H26O2. The summed E-state index contributed by atoms with van der Waals surface area (Å²) < 4.78 is 12.2. The Morgan fingerprint density at radius 2 is 1.11 bits per heavy atom. The van der Waals surface area contributed by atoms with Crippen LogP contribution in [0.15, 0.2) is 48.6 Å². The van der Waals surface area contributed by atoms with Crippen LogP contribution in [0.3, 0.4) is 0 Å². The molecule has 0 spiro atoms. The van der Waals surface area contributed by atoms with E-state index in [1.165, 1.54) is 59.1 Å². The fourth-order valence-corrected chi connectivity index (χ4v) is 5.25. The summed E-state index contributed by atoms with van der Waals surface area (Å²) in [6.07, 6.45) is 9.21. The minimum Gasteiger partial charge on any atom is -0.376 e. The van der Waals surface area contributed by atoms with Gasteiger partial charge >= 0.3 is 0 Å². The zero-order valence-corrected chi connectivity index (χ0v) is 16.2. The van der Waals surface area contributed by atoms with E-state index in [1.54, 1.807) is 11.1 Å². The van der Waals surface area contributed by atoms with E-state index in [0.29, 0.717) is 25.0 Å². The van der Waals surface area contributed by atoms with Gasteiger partial charge in [-0.25, -0.2) is 0 Å². The Balaban J connectivity index is 1.43. The van der Waals surface area contributed by atoms with Crippen molar-refractivity contribution < 1.29 is 9.47 Å². The summed E-state index contributed by atoms with van der Waals surface area (Å²) in [7, 11) is 0. The number of rotatable bonds is 0. The van der Waals surface area contributed by atoms with Crippen molar-refractivity contribution in [1.82, 2.24) is 0 Å². The van der Waals surface area contributed by atoms with Crippen LogP contribution in [0.1, 0.15) is 46.2 Å².